The Kier molecular flexibility index (Phi) is 4.10. The summed E-state index contributed by atoms with van der Waals surface area (Å²) in [6, 6.07) is 18.1. The molecule has 25 heavy (non-hydrogen) atoms. The average molecular weight is 336 g/mol. The molecular formula is C21H24N2O2. The average Bonchev–Trinajstić information content (AvgIpc) is 2.93. The van der Waals surface area contributed by atoms with Crippen LogP contribution in [0.4, 0.5) is 5.69 Å². The molecule has 4 heteroatoms. The van der Waals surface area contributed by atoms with Crippen molar-refractivity contribution < 1.29 is 9.90 Å². The first-order chi connectivity index (χ1) is 12.2. The molecule has 4 nitrogen and oxygen atoms in total. The lowest BCUT2D eigenvalue weighted by Crippen LogP contribution is -2.54. The van der Waals surface area contributed by atoms with Crippen LogP contribution in [0.25, 0.3) is 0 Å². The molecule has 4 rings (SSSR count). The van der Waals surface area contributed by atoms with Crippen molar-refractivity contribution in [3.63, 3.8) is 0 Å². The number of fused-ring (bicyclic) bond motifs is 2. The van der Waals surface area contributed by atoms with Gasteiger partial charge in [-0.3, -0.25) is 4.79 Å². The van der Waals surface area contributed by atoms with E-state index < -0.39 is 11.5 Å². The predicted octanol–water partition coefficient (Wildman–Crippen LogP) is 2.65. The number of carbonyl (C=O) groups is 1. The Morgan fingerprint density at radius 3 is 2.60 bits per heavy atom. The number of para-hydroxylation sites is 1. The standard InChI is InChI=1S/C21H24N2O2/c1-22-13-18(24)19(14-7-3-2-4-8-14)16-11-12-21(16)15-9-5-6-10-17(15)23-20(21)25/h2-10,16,18-19,22,24H,11-13H2,1H3,(H,23,25). The van der Waals surface area contributed by atoms with Crippen LogP contribution in [0, 0.1) is 5.92 Å². The Bertz CT molecular complexity index is 776. The van der Waals surface area contributed by atoms with Gasteiger partial charge in [0, 0.05) is 18.2 Å². The van der Waals surface area contributed by atoms with Gasteiger partial charge < -0.3 is 15.7 Å². The van der Waals surface area contributed by atoms with E-state index in [0.29, 0.717) is 6.54 Å². The quantitative estimate of drug-likeness (QED) is 0.787. The lowest BCUT2D eigenvalue weighted by Gasteiger charge is -2.50. The summed E-state index contributed by atoms with van der Waals surface area (Å²) in [5.74, 6) is 0.115. The number of aliphatic hydroxyl groups is 1. The molecule has 0 saturated heterocycles. The van der Waals surface area contributed by atoms with Crippen LogP contribution < -0.4 is 10.6 Å². The molecule has 4 unspecified atom stereocenters. The Morgan fingerprint density at radius 2 is 1.92 bits per heavy atom. The maximum absolute atomic E-state index is 13.0. The second-order valence-electron chi connectivity index (χ2n) is 7.18. The third kappa shape index (κ3) is 2.40. The predicted molar refractivity (Wildman–Crippen MR) is 98.6 cm³/mol. The fourth-order valence-corrected chi connectivity index (χ4v) is 4.77. The summed E-state index contributed by atoms with van der Waals surface area (Å²) < 4.78 is 0. The number of likely N-dealkylation sites (N-methyl/N-ethyl adjacent to an activating group) is 1. The van der Waals surface area contributed by atoms with E-state index in [4.69, 9.17) is 0 Å². The highest BCUT2D eigenvalue weighted by atomic mass is 16.3. The zero-order valence-corrected chi connectivity index (χ0v) is 14.4. The Balaban J connectivity index is 1.77. The minimum absolute atomic E-state index is 0.0701. The second kappa shape index (κ2) is 6.28. The van der Waals surface area contributed by atoms with E-state index in [1.165, 1.54) is 0 Å². The van der Waals surface area contributed by atoms with Crippen molar-refractivity contribution in [1.82, 2.24) is 5.32 Å². The molecule has 0 radical (unpaired) electrons. The molecule has 1 saturated carbocycles. The van der Waals surface area contributed by atoms with Crippen molar-refractivity contribution in [3.8, 4) is 0 Å². The van der Waals surface area contributed by atoms with Gasteiger partial charge in [0.15, 0.2) is 0 Å². The van der Waals surface area contributed by atoms with E-state index in [9.17, 15) is 9.90 Å². The topological polar surface area (TPSA) is 61.4 Å². The normalized spacial score (nSPS) is 26.6. The van der Waals surface area contributed by atoms with Crippen molar-refractivity contribution in [2.75, 3.05) is 18.9 Å². The van der Waals surface area contributed by atoms with E-state index in [0.717, 1.165) is 29.7 Å². The van der Waals surface area contributed by atoms with Crippen LogP contribution >= 0.6 is 0 Å². The minimum Gasteiger partial charge on any atom is -0.391 e. The molecule has 0 bridgehead atoms. The van der Waals surface area contributed by atoms with Crippen molar-refractivity contribution >= 4 is 11.6 Å². The summed E-state index contributed by atoms with van der Waals surface area (Å²) >= 11 is 0. The van der Waals surface area contributed by atoms with Crippen molar-refractivity contribution in [2.24, 2.45) is 5.92 Å². The molecule has 1 heterocycles. The third-order valence-electron chi connectivity index (χ3n) is 5.99. The van der Waals surface area contributed by atoms with E-state index in [1.807, 2.05) is 43.4 Å². The van der Waals surface area contributed by atoms with Crippen LogP contribution in [-0.2, 0) is 10.2 Å². The number of aliphatic hydroxyl groups excluding tert-OH is 1. The van der Waals surface area contributed by atoms with Gasteiger partial charge in [-0.15, -0.1) is 0 Å². The van der Waals surface area contributed by atoms with Gasteiger partial charge >= 0.3 is 0 Å². The first-order valence-electron chi connectivity index (χ1n) is 8.97. The molecule has 2 aromatic rings. The van der Waals surface area contributed by atoms with Crippen LogP contribution in [0.2, 0.25) is 0 Å². The van der Waals surface area contributed by atoms with E-state index in [-0.39, 0.29) is 17.7 Å². The monoisotopic (exact) mass is 336 g/mol. The highest BCUT2D eigenvalue weighted by Gasteiger charge is 2.60. The van der Waals surface area contributed by atoms with E-state index >= 15 is 0 Å². The van der Waals surface area contributed by atoms with Crippen LogP contribution in [0.15, 0.2) is 54.6 Å². The van der Waals surface area contributed by atoms with Crippen LogP contribution in [-0.4, -0.2) is 30.7 Å². The molecule has 1 aliphatic carbocycles. The summed E-state index contributed by atoms with van der Waals surface area (Å²) in [6.45, 7) is 0.509. The van der Waals surface area contributed by atoms with Crippen LogP contribution in [0.3, 0.4) is 0 Å². The molecule has 1 fully saturated rings. The lowest BCUT2D eigenvalue weighted by molar-refractivity contribution is -0.128. The minimum atomic E-state index is -0.532. The number of carbonyl (C=O) groups excluding carboxylic acids is 1. The fourth-order valence-electron chi connectivity index (χ4n) is 4.77. The zero-order chi connectivity index (χ0) is 17.4. The third-order valence-corrected chi connectivity index (χ3v) is 5.99. The van der Waals surface area contributed by atoms with Gasteiger partial charge in [-0.25, -0.2) is 0 Å². The lowest BCUT2D eigenvalue weighted by atomic mass is 9.51. The first kappa shape index (κ1) is 16.3. The smallest absolute Gasteiger partial charge is 0.235 e. The second-order valence-corrected chi connectivity index (χ2v) is 7.18. The van der Waals surface area contributed by atoms with Gasteiger partial charge in [0.2, 0.25) is 5.91 Å². The molecule has 1 amide bonds. The van der Waals surface area contributed by atoms with E-state index in [2.05, 4.69) is 28.8 Å². The van der Waals surface area contributed by atoms with Gasteiger partial charge in [0.25, 0.3) is 0 Å². The highest BCUT2D eigenvalue weighted by molar-refractivity contribution is 6.07. The maximum Gasteiger partial charge on any atom is 0.235 e. The van der Waals surface area contributed by atoms with Gasteiger partial charge in [-0.05, 0) is 43.0 Å². The molecule has 2 aliphatic rings. The largest absolute Gasteiger partial charge is 0.391 e. The van der Waals surface area contributed by atoms with Gasteiger partial charge in [-0.1, -0.05) is 48.5 Å². The Hall–Kier alpha value is -2.17. The molecule has 1 aliphatic heterocycles. The number of rotatable bonds is 5. The van der Waals surface area contributed by atoms with Crippen LogP contribution in [0.1, 0.15) is 29.9 Å². The number of benzene rings is 2. The molecule has 3 N–H and O–H groups in total. The molecule has 130 valence electrons. The SMILES string of the molecule is CNCC(O)C(c1ccccc1)C1CCC12C(=O)Nc1ccccc12. The highest BCUT2D eigenvalue weighted by Crippen LogP contribution is 2.59. The zero-order valence-electron chi connectivity index (χ0n) is 14.4. The maximum atomic E-state index is 13.0. The van der Waals surface area contributed by atoms with Crippen molar-refractivity contribution in [3.05, 3.63) is 65.7 Å². The molecule has 2 aromatic carbocycles. The van der Waals surface area contributed by atoms with Gasteiger partial charge in [0.1, 0.15) is 0 Å². The number of anilines is 1. The molecule has 0 aromatic heterocycles. The fraction of sp³-hybridized carbons (Fsp3) is 0.381. The number of hydrogen-bond donors (Lipinski definition) is 3. The number of hydrogen-bond acceptors (Lipinski definition) is 3. The molecular weight excluding hydrogens is 312 g/mol. The van der Waals surface area contributed by atoms with Gasteiger partial charge in [-0.2, -0.15) is 0 Å². The van der Waals surface area contributed by atoms with Crippen molar-refractivity contribution in [1.29, 1.82) is 0 Å². The van der Waals surface area contributed by atoms with Gasteiger partial charge in [0.05, 0.1) is 11.5 Å². The summed E-state index contributed by atoms with van der Waals surface area (Å²) in [6.07, 6.45) is 1.26. The van der Waals surface area contributed by atoms with Crippen molar-refractivity contribution in [2.45, 2.75) is 30.3 Å². The number of nitrogens with one attached hydrogen (secondary N) is 2. The summed E-state index contributed by atoms with van der Waals surface area (Å²) in [5.41, 5.74) is 2.61. The Labute approximate surface area is 148 Å². The molecule has 4 atom stereocenters. The Morgan fingerprint density at radius 1 is 1.20 bits per heavy atom. The molecule has 1 spiro atoms. The summed E-state index contributed by atoms with van der Waals surface area (Å²) in [4.78, 5) is 13.0. The number of amides is 1. The van der Waals surface area contributed by atoms with Crippen LogP contribution in [0.5, 0.6) is 0 Å². The van der Waals surface area contributed by atoms with E-state index in [1.54, 1.807) is 0 Å². The first-order valence-corrected chi connectivity index (χ1v) is 8.97. The summed E-state index contributed by atoms with van der Waals surface area (Å²) in [5, 5.41) is 17.0. The summed E-state index contributed by atoms with van der Waals surface area (Å²) in [7, 11) is 1.85.